The molecule has 1 saturated heterocycles. The summed E-state index contributed by atoms with van der Waals surface area (Å²) in [6, 6.07) is 15.3. The van der Waals surface area contributed by atoms with Crippen LogP contribution >= 0.6 is 35.6 Å². The topological polar surface area (TPSA) is 51.1 Å². The number of piperazine rings is 1. The van der Waals surface area contributed by atoms with E-state index in [2.05, 4.69) is 20.1 Å². The molecule has 2 N–H and O–H groups in total. The third-order valence-corrected chi connectivity index (χ3v) is 4.78. The highest BCUT2D eigenvalue weighted by molar-refractivity contribution is 14.0. The molecule has 1 fully saturated rings. The van der Waals surface area contributed by atoms with Crippen molar-refractivity contribution in [2.45, 2.75) is 6.54 Å². The smallest absolute Gasteiger partial charge is 0.194 e. The molecule has 5 nitrogen and oxygen atoms in total. The zero-order valence-corrected chi connectivity index (χ0v) is 17.8. The molecule has 2 aromatic rings. The number of hydrogen-bond donors (Lipinski definition) is 2. The second kappa shape index (κ2) is 9.87. The van der Waals surface area contributed by atoms with Crippen molar-refractivity contribution in [3.05, 3.63) is 59.1 Å². The third-order valence-electron chi connectivity index (χ3n) is 4.41. The molecule has 0 saturated carbocycles. The number of guanidine groups is 1. The number of anilines is 1. The largest absolute Gasteiger partial charge is 0.506 e. The van der Waals surface area contributed by atoms with Crippen LogP contribution in [0.4, 0.5) is 5.69 Å². The highest BCUT2D eigenvalue weighted by Gasteiger charge is 2.21. The average molecular weight is 487 g/mol. The van der Waals surface area contributed by atoms with E-state index in [1.807, 2.05) is 42.5 Å². The highest BCUT2D eigenvalue weighted by atomic mass is 127. The minimum atomic E-state index is 0. The van der Waals surface area contributed by atoms with Gasteiger partial charge in [0.05, 0.1) is 5.69 Å². The van der Waals surface area contributed by atoms with Gasteiger partial charge in [-0.3, -0.25) is 4.99 Å². The van der Waals surface area contributed by atoms with Crippen molar-refractivity contribution in [1.29, 1.82) is 0 Å². The maximum absolute atomic E-state index is 10.0. The quantitative estimate of drug-likeness (QED) is 0.396. The maximum atomic E-state index is 10.0. The summed E-state index contributed by atoms with van der Waals surface area (Å²) in [5.74, 6) is 1.20. The maximum Gasteiger partial charge on any atom is 0.194 e. The fourth-order valence-electron chi connectivity index (χ4n) is 3.04. The molecule has 0 aliphatic carbocycles. The van der Waals surface area contributed by atoms with E-state index in [0.29, 0.717) is 12.3 Å². The van der Waals surface area contributed by atoms with Crippen molar-refractivity contribution in [2.75, 3.05) is 38.1 Å². The SMILES string of the molecule is CN=C(NCc1ccccc1Cl)N1CCN(c2ccccc2O)CC1.I. The Labute approximate surface area is 176 Å². The van der Waals surface area contributed by atoms with Crippen LogP contribution in [-0.4, -0.2) is 49.2 Å². The van der Waals surface area contributed by atoms with Gasteiger partial charge < -0.3 is 20.2 Å². The Morgan fingerprint density at radius 2 is 1.73 bits per heavy atom. The third kappa shape index (κ3) is 4.94. The molecule has 1 heterocycles. The van der Waals surface area contributed by atoms with Gasteiger partial charge in [-0.2, -0.15) is 0 Å². The van der Waals surface area contributed by atoms with Gasteiger partial charge in [-0.1, -0.05) is 41.9 Å². The number of phenolic OH excluding ortho intramolecular Hbond substituents is 1. The molecule has 1 aliphatic rings. The van der Waals surface area contributed by atoms with Crippen molar-refractivity contribution < 1.29 is 5.11 Å². The van der Waals surface area contributed by atoms with E-state index in [-0.39, 0.29) is 24.0 Å². The second-order valence-electron chi connectivity index (χ2n) is 5.95. The molecular formula is C19H24ClIN4O. The Balaban J connectivity index is 0.00000243. The van der Waals surface area contributed by atoms with Crippen LogP contribution in [-0.2, 0) is 6.54 Å². The lowest BCUT2D eigenvalue weighted by Gasteiger charge is -2.37. The van der Waals surface area contributed by atoms with Crippen LogP contribution in [0, 0.1) is 0 Å². The van der Waals surface area contributed by atoms with E-state index in [9.17, 15) is 5.11 Å². The van der Waals surface area contributed by atoms with Gasteiger partial charge in [-0.25, -0.2) is 0 Å². The van der Waals surface area contributed by atoms with Crippen LogP contribution in [0.5, 0.6) is 5.75 Å². The summed E-state index contributed by atoms with van der Waals surface area (Å²) in [5, 5.41) is 14.2. The first-order chi connectivity index (χ1) is 12.2. The number of halogens is 2. The van der Waals surface area contributed by atoms with Crippen molar-refractivity contribution >= 4 is 47.2 Å². The van der Waals surface area contributed by atoms with E-state index in [4.69, 9.17) is 11.6 Å². The van der Waals surface area contributed by atoms with Gasteiger partial charge in [0.1, 0.15) is 5.75 Å². The summed E-state index contributed by atoms with van der Waals surface area (Å²) < 4.78 is 0. The van der Waals surface area contributed by atoms with E-state index < -0.39 is 0 Å². The van der Waals surface area contributed by atoms with Crippen molar-refractivity contribution in [1.82, 2.24) is 10.2 Å². The van der Waals surface area contributed by atoms with Gasteiger partial charge in [0.2, 0.25) is 0 Å². The van der Waals surface area contributed by atoms with Gasteiger partial charge in [0, 0.05) is 44.8 Å². The van der Waals surface area contributed by atoms with Gasteiger partial charge in [0.15, 0.2) is 5.96 Å². The van der Waals surface area contributed by atoms with Crippen LogP contribution in [0.3, 0.4) is 0 Å². The number of aliphatic imine (C=N–C) groups is 1. The second-order valence-corrected chi connectivity index (χ2v) is 6.36. The summed E-state index contributed by atoms with van der Waals surface area (Å²) >= 11 is 6.21. The zero-order valence-electron chi connectivity index (χ0n) is 14.7. The van der Waals surface area contributed by atoms with E-state index in [1.54, 1.807) is 13.1 Å². The van der Waals surface area contributed by atoms with Crippen molar-refractivity contribution in [2.24, 2.45) is 4.99 Å². The zero-order chi connectivity index (χ0) is 17.6. The van der Waals surface area contributed by atoms with E-state index in [0.717, 1.165) is 48.4 Å². The molecule has 0 unspecified atom stereocenters. The summed E-state index contributed by atoms with van der Waals surface area (Å²) in [6.45, 7) is 4.01. The van der Waals surface area contributed by atoms with Crippen LogP contribution in [0.2, 0.25) is 5.02 Å². The van der Waals surface area contributed by atoms with Crippen LogP contribution in [0.15, 0.2) is 53.5 Å². The molecule has 0 spiro atoms. The molecule has 0 radical (unpaired) electrons. The lowest BCUT2D eigenvalue weighted by atomic mass is 10.2. The van der Waals surface area contributed by atoms with E-state index >= 15 is 0 Å². The molecule has 26 heavy (non-hydrogen) atoms. The number of phenols is 1. The number of nitrogens with zero attached hydrogens (tertiary/aromatic N) is 3. The summed E-state index contributed by atoms with van der Waals surface area (Å²) in [7, 11) is 1.80. The molecular weight excluding hydrogens is 463 g/mol. The number of rotatable bonds is 3. The first kappa shape index (κ1) is 20.6. The van der Waals surface area contributed by atoms with Crippen LogP contribution in [0.25, 0.3) is 0 Å². The molecule has 2 aromatic carbocycles. The number of nitrogens with one attached hydrogen (secondary N) is 1. The standard InChI is InChI=1S/C19H23ClN4O.HI/c1-21-19(22-14-15-6-2-3-7-16(15)20)24-12-10-23(11-13-24)17-8-4-5-9-18(17)25;/h2-9,25H,10-14H2,1H3,(H,21,22);1H. The number of benzene rings is 2. The Morgan fingerprint density at radius 3 is 2.38 bits per heavy atom. The van der Waals surface area contributed by atoms with Crippen molar-refractivity contribution in [3.8, 4) is 5.75 Å². The minimum Gasteiger partial charge on any atom is -0.506 e. The lowest BCUT2D eigenvalue weighted by Crippen LogP contribution is -2.52. The van der Waals surface area contributed by atoms with Crippen LogP contribution in [0.1, 0.15) is 5.56 Å². The monoisotopic (exact) mass is 486 g/mol. The predicted octanol–water partition coefficient (Wildman–Crippen LogP) is 3.56. The number of para-hydroxylation sites is 2. The number of hydrogen-bond acceptors (Lipinski definition) is 3. The molecule has 7 heteroatoms. The predicted molar refractivity (Wildman–Crippen MR) is 119 cm³/mol. The molecule has 0 amide bonds. The fourth-order valence-corrected chi connectivity index (χ4v) is 3.24. The molecule has 0 atom stereocenters. The van der Waals surface area contributed by atoms with Gasteiger partial charge >= 0.3 is 0 Å². The Morgan fingerprint density at radius 1 is 1.08 bits per heavy atom. The molecule has 140 valence electrons. The summed E-state index contributed by atoms with van der Waals surface area (Å²) in [4.78, 5) is 8.82. The first-order valence-electron chi connectivity index (χ1n) is 8.41. The van der Waals surface area contributed by atoms with Crippen molar-refractivity contribution in [3.63, 3.8) is 0 Å². The van der Waals surface area contributed by atoms with Gasteiger partial charge in [0.25, 0.3) is 0 Å². The molecule has 0 bridgehead atoms. The number of aromatic hydroxyl groups is 1. The Bertz CT molecular complexity index is 748. The minimum absolute atomic E-state index is 0. The Hall–Kier alpha value is -1.67. The summed E-state index contributed by atoms with van der Waals surface area (Å²) in [5.41, 5.74) is 1.94. The molecule has 3 rings (SSSR count). The molecule has 0 aromatic heterocycles. The lowest BCUT2D eigenvalue weighted by molar-refractivity contribution is 0.369. The molecule has 1 aliphatic heterocycles. The highest BCUT2D eigenvalue weighted by Crippen LogP contribution is 2.27. The van der Waals surface area contributed by atoms with Crippen LogP contribution < -0.4 is 10.2 Å². The summed E-state index contributed by atoms with van der Waals surface area (Å²) in [6.07, 6.45) is 0. The van der Waals surface area contributed by atoms with E-state index in [1.165, 1.54) is 0 Å². The normalized spacial score (nSPS) is 14.8. The fraction of sp³-hybridized carbons (Fsp3) is 0.316. The Kier molecular flexibility index (Phi) is 7.84. The van der Waals surface area contributed by atoms with Gasteiger partial charge in [-0.05, 0) is 23.8 Å². The first-order valence-corrected chi connectivity index (χ1v) is 8.79. The van der Waals surface area contributed by atoms with Gasteiger partial charge in [-0.15, -0.1) is 24.0 Å². The average Bonchev–Trinajstić information content (AvgIpc) is 2.65.